The summed E-state index contributed by atoms with van der Waals surface area (Å²) in [7, 11) is 0. The van der Waals surface area contributed by atoms with Gasteiger partial charge in [-0.1, -0.05) is 35.3 Å². The molecule has 166 valence electrons. The zero-order valence-electron chi connectivity index (χ0n) is 17.1. The number of halogens is 3. The summed E-state index contributed by atoms with van der Waals surface area (Å²) in [5, 5.41) is 2.30. The summed E-state index contributed by atoms with van der Waals surface area (Å²) in [5.74, 6) is 0.127. The maximum Gasteiger partial charge on any atom is 0.258 e. The van der Waals surface area contributed by atoms with Crippen LogP contribution in [-0.4, -0.2) is 18.8 Å². The van der Waals surface area contributed by atoms with Crippen LogP contribution in [0.25, 0.3) is 0 Å². The molecule has 0 aliphatic carbocycles. The first-order chi connectivity index (χ1) is 16.0. The monoisotopic (exact) mass is 482 g/mol. The van der Waals surface area contributed by atoms with E-state index in [1.807, 2.05) is 0 Å². The standard InChI is InChI=1S/C24H17Cl2FN4O2/c25-19-12-16(31-14-28-8-9-29-31)13-20(26)23(19)33-17-5-6-18-15(11-17)7-10-30(24(18)32)22-4-2-1-3-21(22)27/h1-6,8-9,11-14,29H,7,10H2. The minimum absolute atomic E-state index is 0.252. The lowest BCUT2D eigenvalue weighted by molar-refractivity contribution is 0.0979. The van der Waals surface area contributed by atoms with Gasteiger partial charge >= 0.3 is 0 Å². The Hall–Kier alpha value is -3.55. The molecule has 2 aliphatic heterocycles. The van der Waals surface area contributed by atoms with Crippen LogP contribution >= 0.6 is 23.2 Å². The fraction of sp³-hybridized carbons (Fsp3) is 0.0833. The van der Waals surface area contributed by atoms with E-state index in [2.05, 4.69) is 10.4 Å². The highest BCUT2D eigenvalue weighted by atomic mass is 35.5. The smallest absolute Gasteiger partial charge is 0.258 e. The van der Waals surface area contributed by atoms with Crippen LogP contribution in [0.1, 0.15) is 15.9 Å². The van der Waals surface area contributed by atoms with Gasteiger partial charge in [0.15, 0.2) is 5.75 Å². The summed E-state index contributed by atoms with van der Waals surface area (Å²) >= 11 is 12.9. The van der Waals surface area contributed by atoms with Crippen molar-refractivity contribution in [2.24, 2.45) is 4.99 Å². The van der Waals surface area contributed by atoms with Gasteiger partial charge in [-0.05, 0) is 54.4 Å². The largest absolute Gasteiger partial charge is 0.454 e. The van der Waals surface area contributed by atoms with Crippen LogP contribution in [0.2, 0.25) is 10.0 Å². The molecule has 0 radical (unpaired) electrons. The highest BCUT2D eigenvalue weighted by Gasteiger charge is 2.27. The average molecular weight is 483 g/mol. The van der Waals surface area contributed by atoms with Crippen LogP contribution in [0.3, 0.4) is 0 Å². The number of benzene rings is 3. The average Bonchev–Trinajstić information content (AvgIpc) is 2.83. The molecule has 0 fully saturated rings. The summed E-state index contributed by atoms with van der Waals surface area (Å²) in [5.41, 5.74) is 5.29. The number of hydrazine groups is 1. The zero-order valence-corrected chi connectivity index (χ0v) is 18.6. The Balaban J connectivity index is 1.39. The highest BCUT2D eigenvalue weighted by molar-refractivity contribution is 6.37. The molecule has 5 rings (SSSR count). The van der Waals surface area contributed by atoms with Gasteiger partial charge in [-0.2, -0.15) is 0 Å². The normalized spacial score (nSPS) is 14.8. The third-order valence-corrected chi connectivity index (χ3v) is 5.90. The second kappa shape index (κ2) is 8.77. The highest BCUT2D eigenvalue weighted by Crippen LogP contribution is 2.40. The predicted octanol–water partition coefficient (Wildman–Crippen LogP) is 5.95. The quantitative estimate of drug-likeness (QED) is 0.498. The van der Waals surface area contributed by atoms with Crippen molar-refractivity contribution in [3.05, 3.63) is 94.0 Å². The van der Waals surface area contributed by atoms with Crippen LogP contribution in [0, 0.1) is 5.82 Å². The number of carbonyl (C=O) groups excluding carboxylic acids is 1. The van der Waals surface area contributed by atoms with E-state index in [1.54, 1.807) is 72.3 Å². The van der Waals surface area contributed by atoms with Gasteiger partial charge in [0, 0.05) is 24.5 Å². The number of ether oxygens (including phenoxy) is 1. The van der Waals surface area contributed by atoms with Crippen LogP contribution in [0.4, 0.5) is 15.8 Å². The number of carbonyl (C=O) groups is 1. The topological polar surface area (TPSA) is 57.2 Å². The van der Waals surface area contributed by atoms with Crippen LogP contribution < -0.4 is 20.1 Å². The fourth-order valence-corrected chi connectivity index (χ4v) is 4.32. The van der Waals surface area contributed by atoms with E-state index in [0.29, 0.717) is 45.8 Å². The molecular weight excluding hydrogens is 466 g/mol. The molecule has 0 aromatic heterocycles. The number of nitrogens with zero attached hydrogens (tertiary/aromatic N) is 3. The molecule has 0 spiro atoms. The first-order valence-electron chi connectivity index (χ1n) is 10.1. The zero-order chi connectivity index (χ0) is 22.9. The van der Waals surface area contributed by atoms with E-state index < -0.39 is 5.82 Å². The number of hydrogen-bond acceptors (Lipinski definition) is 5. The minimum Gasteiger partial charge on any atom is -0.454 e. The van der Waals surface area contributed by atoms with Crippen molar-refractivity contribution in [1.82, 2.24) is 5.43 Å². The second-order valence-electron chi connectivity index (χ2n) is 7.40. The van der Waals surface area contributed by atoms with Crippen molar-refractivity contribution < 1.29 is 13.9 Å². The molecule has 0 saturated carbocycles. The van der Waals surface area contributed by atoms with Gasteiger partial charge in [0.2, 0.25) is 0 Å². The molecule has 0 bridgehead atoms. The summed E-state index contributed by atoms with van der Waals surface area (Å²) in [6.07, 6.45) is 5.44. The van der Waals surface area contributed by atoms with Crippen molar-refractivity contribution in [1.29, 1.82) is 0 Å². The van der Waals surface area contributed by atoms with E-state index in [-0.39, 0.29) is 11.6 Å². The molecular formula is C24H17Cl2FN4O2. The Labute approximate surface area is 199 Å². The van der Waals surface area contributed by atoms with Gasteiger partial charge in [0.25, 0.3) is 5.91 Å². The van der Waals surface area contributed by atoms with Crippen molar-refractivity contribution >= 4 is 46.8 Å². The lowest BCUT2D eigenvalue weighted by Gasteiger charge is -2.29. The molecule has 6 nitrogen and oxygen atoms in total. The van der Waals surface area contributed by atoms with Crippen LogP contribution in [-0.2, 0) is 6.42 Å². The Bertz CT molecular complexity index is 1290. The first-order valence-corrected chi connectivity index (χ1v) is 10.9. The Morgan fingerprint density at radius 1 is 1.06 bits per heavy atom. The molecule has 33 heavy (non-hydrogen) atoms. The molecule has 3 aromatic rings. The van der Waals surface area contributed by atoms with Crippen molar-refractivity contribution in [3.8, 4) is 11.5 Å². The van der Waals surface area contributed by atoms with Gasteiger partial charge in [-0.3, -0.25) is 10.2 Å². The third kappa shape index (κ3) is 4.13. The van der Waals surface area contributed by atoms with Gasteiger partial charge in [0.1, 0.15) is 17.9 Å². The summed E-state index contributed by atoms with van der Waals surface area (Å²) < 4.78 is 20.2. The molecule has 0 atom stereocenters. The number of fused-ring (bicyclic) bond motifs is 1. The Morgan fingerprint density at radius 3 is 2.58 bits per heavy atom. The van der Waals surface area contributed by atoms with Crippen molar-refractivity contribution in [2.75, 3.05) is 16.5 Å². The summed E-state index contributed by atoms with van der Waals surface area (Å²) in [6, 6.07) is 14.8. The molecule has 2 heterocycles. The number of nitrogens with one attached hydrogen (secondary N) is 1. The van der Waals surface area contributed by atoms with Crippen molar-refractivity contribution in [2.45, 2.75) is 6.42 Å². The molecule has 0 saturated heterocycles. The van der Waals surface area contributed by atoms with Gasteiger partial charge in [0.05, 0.1) is 21.4 Å². The molecule has 0 unspecified atom stereocenters. The second-order valence-corrected chi connectivity index (χ2v) is 8.21. The van der Waals surface area contributed by atoms with Gasteiger partial charge in [-0.15, -0.1) is 0 Å². The summed E-state index contributed by atoms with van der Waals surface area (Å²) in [4.78, 5) is 18.5. The number of para-hydroxylation sites is 1. The molecule has 3 aromatic carbocycles. The SMILES string of the molecule is O=C1c2ccc(Oc3c(Cl)cc(N4C=NC=CN4)cc3Cl)cc2CCN1c1ccccc1F. The number of amides is 1. The number of anilines is 2. The minimum atomic E-state index is -0.427. The number of hydrogen-bond donors (Lipinski definition) is 1. The van der Waals surface area contributed by atoms with E-state index in [0.717, 1.165) is 5.56 Å². The fourth-order valence-electron chi connectivity index (χ4n) is 3.77. The Kier molecular flexibility index (Phi) is 5.66. The lowest BCUT2D eigenvalue weighted by Crippen LogP contribution is -2.38. The first kappa shape index (κ1) is 21.3. The van der Waals surface area contributed by atoms with E-state index in [1.165, 1.54) is 11.0 Å². The molecule has 1 N–H and O–H groups in total. The summed E-state index contributed by atoms with van der Waals surface area (Å²) in [6.45, 7) is 0.366. The Morgan fingerprint density at radius 2 is 1.85 bits per heavy atom. The van der Waals surface area contributed by atoms with Crippen molar-refractivity contribution in [3.63, 3.8) is 0 Å². The number of aliphatic imine (C=N–C) groups is 1. The molecule has 9 heteroatoms. The molecule has 2 aliphatic rings. The maximum absolute atomic E-state index is 14.2. The molecule has 1 amide bonds. The lowest BCUT2D eigenvalue weighted by atomic mass is 9.98. The number of rotatable bonds is 4. The van der Waals surface area contributed by atoms with Crippen LogP contribution in [0.5, 0.6) is 11.5 Å². The van der Waals surface area contributed by atoms with E-state index in [4.69, 9.17) is 27.9 Å². The van der Waals surface area contributed by atoms with E-state index >= 15 is 0 Å². The maximum atomic E-state index is 14.2. The third-order valence-electron chi connectivity index (χ3n) is 5.34. The van der Waals surface area contributed by atoms with Gasteiger partial charge < -0.3 is 9.64 Å². The van der Waals surface area contributed by atoms with Gasteiger partial charge in [-0.25, -0.2) is 14.4 Å². The predicted molar refractivity (Wildman–Crippen MR) is 128 cm³/mol. The van der Waals surface area contributed by atoms with Crippen LogP contribution in [0.15, 0.2) is 72.0 Å². The van der Waals surface area contributed by atoms with E-state index in [9.17, 15) is 9.18 Å².